The Morgan fingerprint density at radius 3 is 2.32 bits per heavy atom. The van der Waals surface area contributed by atoms with Crippen LogP contribution in [0.15, 0.2) is 60.7 Å². The maximum Gasteiger partial charge on any atom is 0.264 e. The van der Waals surface area contributed by atoms with E-state index in [1.165, 1.54) is 11.3 Å². The van der Waals surface area contributed by atoms with Crippen molar-refractivity contribution in [2.45, 2.75) is 58.5 Å². The van der Waals surface area contributed by atoms with E-state index in [4.69, 9.17) is 23.3 Å². The highest BCUT2D eigenvalue weighted by Gasteiger charge is 2.46. The molecule has 5 heterocycles. The number of piperazine rings is 1. The molecule has 56 heavy (non-hydrogen) atoms. The van der Waals surface area contributed by atoms with E-state index < -0.39 is 23.8 Å². The minimum Gasteiger partial charge on any atom is -0.371 e. The first-order chi connectivity index (χ1) is 27.1. The van der Waals surface area contributed by atoms with Crippen molar-refractivity contribution >= 4 is 52.3 Å². The lowest BCUT2D eigenvalue weighted by molar-refractivity contribution is -0.136. The fourth-order valence-electron chi connectivity index (χ4n) is 8.61. The smallest absolute Gasteiger partial charge is 0.264 e. The Hall–Kier alpha value is -5.51. The Kier molecular flexibility index (Phi) is 10.4. The first-order valence-electron chi connectivity index (χ1n) is 19.5. The number of anilines is 2. The Balaban J connectivity index is 0.804. The van der Waals surface area contributed by atoms with E-state index in [2.05, 4.69) is 63.0 Å². The van der Waals surface area contributed by atoms with E-state index in [-0.39, 0.29) is 18.7 Å². The molecule has 12 nitrogen and oxygen atoms in total. The van der Waals surface area contributed by atoms with E-state index in [1.807, 2.05) is 28.9 Å². The number of rotatable bonds is 9. The molecule has 0 saturated carbocycles. The van der Waals surface area contributed by atoms with Crippen LogP contribution < -0.4 is 15.1 Å². The van der Waals surface area contributed by atoms with Gasteiger partial charge >= 0.3 is 0 Å². The number of imide groups is 2. The summed E-state index contributed by atoms with van der Waals surface area (Å²) in [7, 11) is 0. The van der Waals surface area contributed by atoms with E-state index in [1.54, 1.807) is 12.1 Å². The number of fused-ring (bicyclic) bond motifs is 1. The molecule has 3 fully saturated rings. The van der Waals surface area contributed by atoms with E-state index >= 15 is 0 Å². The summed E-state index contributed by atoms with van der Waals surface area (Å²) in [6.07, 6.45) is 3.40. The Morgan fingerprint density at radius 1 is 0.875 bits per heavy atom. The molecule has 4 amide bonds. The average Bonchev–Trinajstić information content (AvgIpc) is 3.64. The maximum atomic E-state index is 13.6. The lowest BCUT2D eigenvalue weighted by atomic mass is 9.92. The molecule has 1 atom stereocenters. The molecule has 3 aromatic carbocycles. The van der Waals surface area contributed by atoms with E-state index in [0.717, 1.165) is 98.2 Å². The number of aromatic nitrogens is 2. The summed E-state index contributed by atoms with van der Waals surface area (Å²) >= 11 is 6.32. The Labute approximate surface area is 331 Å². The van der Waals surface area contributed by atoms with Gasteiger partial charge in [0.1, 0.15) is 6.04 Å². The van der Waals surface area contributed by atoms with E-state index in [9.17, 15) is 19.2 Å². The van der Waals surface area contributed by atoms with Crippen molar-refractivity contribution in [3.63, 3.8) is 0 Å². The zero-order valence-electron chi connectivity index (χ0n) is 31.8. The first kappa shape index (κ1) is 37.4. The molecule has 0 bridgehead atoms. The predicted molar refractivity (Wildman–Crippen MR) is 215 cm³/mol. The number of amides is 4. The van der Waals surface area contributed by atoms with Gasteiger partial charge in [-0.05, 0) is 93.5 Å². The Morgan fingerprint density at radius 2 is 1.62 bits per heavy atom. The van der Waals surface area contributed by atoms with Crippen LogP contribution >= 0.6 is 11.6 Å². The van der Waals surface area contributed by atoms with Gasteiger partial charge in [0.2, 0.25) is 17.5 Å². The molecule has 4 aromatic rings. The van der Waals surface area contributed by atoms with Gasteiger partial charge in [-0.3, -0.25) is 39.0 Å². The first-order valence-corrected chi connectivity index (χ1v) is 19.8. The van der Waals surface area contributed by atoms with Gasteiger partial charge in [0.05, 0.1) is 35.6 Å². The minimum absolute atomic E-state index is 0.102. The normalized spacial score (nSPS) is 19.4. The third kappa shape index (κ3) is 7.17. The highest BCUT2D eigenvalue weighted by molar-refractivity contribution is 6.33. The summed E-state index contributed by atoms with van der Waals surface area (Å²) in [5.74, 6) is -1.30. The van der Waals surface area contributed by atoms with Gasteiger partial charge in [-0.25, -0.2) is 4.85 Å². The second-order valence-corrected chi connectivity index (χ2v) is 15.8. The average molecular weight is 773 g/mol. The standard InChI is InChI=1S/C43H45ClN8O4/c1-27-28(2)51(47-40(27)31-9-12-35(45-3)34(44)25-31)26-30-7-10-32(11-8-30)49-23-21-48(22-24-49)18-15-29-16-19-50(20-17-29)36-6-4-5-33-39(36)43(56)52(42(33)55)37-13-14-38(53)46-41(37)54/h4-12,25,29,37H,13-24,26H2,1-2H3,(H,46,53,54). The van der Waals surface area contributed by atoms with Crippen molar-refractivity contribution in [2.75, 3.05) is 55.6 Å². The largest absolute Gasteiger partial charge is 0.371 e. The number of hydrogen-bond donors (Lipinski definition) is 1. The van der Waals surface area contributed by atoms with Crippen molar-refractivity contribution in [3.8, 4) is 11.3 Å². The molecule has 288 valence electrons. The van der Waals surface area contributed by atoms with Crippen LogP contribution in [0.4, 0.5) is 17.1 Å². The van der Waals surface area contributed by atoms with Gasteiger partial charge < -0.3 is 9.80 Å². The van der Waals surface area contributed by atoms with Crippen LogP contribution in [-0.2, 0) is 16.1 Å². The summed E-state index contributed by atoms with van der Waals surface area (Å²) < 4.78 is 2.04. The van der Waals surface area contributed by atoms with Crippen molar-refractivity contribution in [1.82, 2.24) is 24.9 Å². The SMILES string of the molecule is [C-]#[N+]c1ccc(-c2nn(Cc3ccc(N4CCN(CCC5CCN(c6cccc7c6C(=O)N(C6CCC(=O)NC6=O)C7=O)CC5)CC4)cc3)c(C)c2C)cc1Cl. The summed E-state index contributed by atoms with van der Waals surface area (Å²) in [5, 5.41) is 7.63. The van der Waals surface area contributed by atoms with Crippen LogP contribution in [0.25, 0.3) is 16.1 Å². The highest BCUT2D eigenvalue weighted by atomic mass is 35.5. The van der Waals surface area contributed by atoms with Gasteiger partial charge in [0.15, 0.2) is 0 Å². The third-order valence-corrected chi connectivity index (χ3v) is 12.4. The second-order valence-electron chi connectivity index (χ2n) is 15.4. The number of carbonyl (C=O) groups is 4. The van der Waals surface area contributed by atoms with Crippen LogP contribution in [0.2, 0.25) is 5.02 Å². The van der Waals surface area contributed by atoms with Gasteiger partial charge in [0.25, 0.3) is 11.8 Å². The molecule has 13 heteroatoms. The zero-order valence-corrected chi connectivity index (χ0v) is 32.5. The molecule has 1 unspecified atom stereocenters. The number of hydrogen-bond acceptors (Lipinski definition) is 8. The fourth-order valence-corrected chi connectivity index (χ4v) is 8.83. The molecule has 1 N–H and O–H groups in total. The number of nitrogens with zero attached hydrogens (tertiary/aromatic N) is 7. The molecule has 0 spiro atoms. The number of piperidine rings is 2. The summed E-state index contributed by atoms with van der Waals surface area (Å²) in [5.41, 5.74) is 8.31. The second kappa shape index (κ2) is 15.6. The van der Waals surface area contributed by atoms with Crippen LogP contribution in [0, 0.1) is 26.3 Å². The predicted octanol–water partition coefficient (Wildman–Crippen LogP) is 6.25. The van der Waals surface area contributed by atoms with Crippen LogP contribution in [0.1, 0.15) is 69.6 Å². The highest BCUT2D eigenvalue weighted by Crippen LogP contribution is 2.37. The fraction of sp³-hybridized carbons (Fsp3) is 0.395. The van der Waals surface area contributed by atoms with Crippen molar-refractivity contribution in [1.29, 1.82) is 0 Å². The molecule has 0 radical (unpaired) electrons. The molecule has 8 rings (SSSR count). The topological polar surface area (TPSA) is 115 Å². The number of halogens is 1. The molecule has 0 aliphatic carbocycles. The zero-order chi connectivity index (χ0) is 39.1. The number of benzene rings is 3. The molecular weight excluding hydrogens is 728 g/mol. The van der Waals surface area contributed by atoms with Crippen LogP contribution in [0.3, 0.4) is 0 Å². The lowest BCUT2D eigenvalue weighted by Crippen LogP contribution is -2.54. The molecule has 3 saturated heterocycles. The summed E-state index contributed by atoms with van der Waals surface area (Å²) in [6.45, 7) is 18.8. The molecule has 1 aromatic heterocycles. The summed E-state index contributed by atoms with van der Waals surface area (Å²) in [6, 6.07) is 18.7. The maximum absolute atomic E-state index is 13.6. The lowest BCUT2D eigenvalue weighted by Gasteiger charge is -2.38. The third-order valence-electron chi connectivity index (χ3n) is 12.1. The quantitative estimate of drug-likeness (QED) is 0.157. The molecule has 4 aliphatic heterocycles. The van der Waals surface area contributed by atoms with Crippen molar-refractivity contribution in [3.05, 3.63) is 105 Å². The van der Waals surface area contributed by atoms with Gasteiger partial charge in [-0.2, -0.15) is 5.10 Å². The van der Waals surface area contributed by atoms with Crippen molar-refractivity contribution in [2.24, 2.45) is 5.92 Å². The monoisotopic (exact) mass is 772 g/mol. The van der Waals surface area contributed by atoms with E-state index in [0.29, 0.717) is 34.3 Å². The van der Waals surface area contributed by atoms with Gasteiger partial charge in [-0.15, -0.1) is 0 Å². The number of carbonyl (C=O) groups excluding carboxylic acids is 4. The number of nitrogens with one attached hydrogen (secondary N) is 1. The molecule has 4 aliphatic rings. The van der Waals surface area contributed by atoms with Crippen LogP contribution in [-0.4, -0.2) is 95.1 Å². The van der Waals surface area contributed by atoms with Crippen LogP contribution in [0.5, 0.6) is 0 Å². The molecular formula is C43H45ClN8O4. The minimum atomic E-state index is -0.965. The van der Waals surface area contributed by atoms with Crippen molar-refractivity contribution < 1.29 is 19.2 Å². The van der Waals surface area contributed by atoms with Gasteiger partial charge in [0, 0.05) is 67.7 Å². The Bertz CT molecular complexity index is 2250. The summed E-state index contributed by atoms with van der Waals surface area (Å²) in [4.78, 5) is 62.9. The van der Waals surface area contributed by atoms with Gasteiger partial charge in [-0.1, -0.05) is 41.9 Å².